The van der Waals surface area contributed by atoms with Crippen molar-refractivity contribution in [3.63, 3.8) is 0 Å². The molecular formula is C15H24N2O. The van der Waals surface area contributed by atoms with Crippen molar-refractivity contribution in [2.45, 2.75) is 34.2 Å². The van der Waals surface area contributed by atoms with E-state index in [-0.39, 0.29) is 11.8 Å². The number of nitrogen functional groups attached to an aromatic ring is 1. The van der Waals surface area contributed by atoms with Crippen molar-refractivity contribution >= 4 is 11.6 Å². The Kier molecular flexibility index (Phi) is 5.20. The lowest BCUT2D eigenvalue weighted by molar-refractivity contribution is -0.136. The van der Waals surface area contributed by atoms with Gasteiger partial charge in [0.15, 0.2) is 0 Å². The second-order valence-corrected chi connectivity index (χ2v) is 5.13. The van der Waals surface area contributed by atoms with E-state index in [0.29, 0.717) is 12.5 Å². The number of nitrogens with two attached hydrogens (primary N) is 1. The molecule has 0 fully saturated rings. The van der Waals surface area contributed by atoms with Crippen LogP contribution < -0.4 is 5.73 Å². The molecular weight excluding hydrogens is 224 g/mol. The molecule has 0 saturated heterocycles. The molecule has 1 unspecified atom stereocenters. The minimum absolute atomic E-state index is 0.0611. The zero-order chi connectivity index (χ0) is 13.7. The number of anilines is 1. The number of hydrogen-bond donors (Lipinski definition) is 1. The Bertz CT molecular complexity index is 401. The molecule has 1 rings (SSSR count). The van der Waals surface area contributed by atoms with E-state index >= 15 is 0 Å². The first-order valence-electron chi connectivity index (χ1n) is 6.58. The monoisotopic (exact) mass is 248 g/mol. The molecule has 0 aliphatic heterocycles. The van der Waals surface area contributed by atoms with E-state index in [2.05, 4.69) is 13.8 Å². The molecule has 1 amide bonds. The molecule has 3 heteroatoms. The second-order valence-electron chi connectivity index (χ2n) is 5.13. The van der Waals surface area contributed by atoms with E-state index in [1.807, 2.05) is 43.0 Å². The molecule has 0 saturated carbocycles. The van der Waals surface area contributed by atoms with Crippen LogP contribution in [0, 0.1) is 11.8 Å². The quantitative estimate of drug-likeness (QED) is 0.814. The molecule has 0 bridgehead atoms. The maximum atomic E-state index is 12.3. The molecule has 0 aliphatic carbocycles. The van der Waals surface area contributed by atoms with Gasteiger partial charge in [0, 0.05) is 24.7 Å². The number of amides is 1. The third-order valence-corrected chi connectivity index (χ3v) is 3.41. The van der Waals surface area contributed by atoms with Crippen LogP contribution in [0.15, 0.2) is 24.3 Å². The van der Waals surface area contributed by atoms with Crippen molar-refractivity contribution in [3.05, 3.63) is 29.8 Å². The summed E-state index contributed by atoms with van der Waals surface area (Å²) in [5.41, 5.74) is 7.58. The first kappa shape index (κ1) is 14.6. The van der Waals surface area contributed by atoms with E-state index in [1.165, 1.54) is 0 Å². The zero-order valence-corrected chi connectivity index (χ0v) is 11.8. The average Bonchev–Trinajstić information content (AvgIpc) is 2.34. The van der Waals surface area contributed by atoms with Crippen molar-refractivity contribution in [3.8, 4) is 0 Å². The van der Waals surface area contributed by atoms with Crippen LogP contribution in [0.3, 0.4) is 0 Å². The summed E-state index contributed by atoms with van der Waals surface area (Å²) in [5.74, 6) is 0.647. The van der Waals surface area contributed by atoms with Crippen molar-refractivity contribution < 1.29 is 4.79 Å². The summed E-state index contributed by atoms with van der Waals surface area (Å²) in [7, 11) is 0. The van der Waals surface area contributed by atoms with Gasteiger partial charge in [0.05, 0.1) is 0 Å². The molecule has 18 heavy (non-hydrogen) atoms. The molecule has 3 nitrogen and oxygen atoms in total. The van der Waals surface area contributed by atoms with Crippen LogP contribution >= 0.6 is 0 Å². The lowest BCUT2D eigenvalue weighted by Crippen LogP contribution is -2.36. The highest BCUT2D eigenvalue weighted by Crippen LogP contribution is 2.16. The highest BCUT2D eigenvalue weighted by molar-refractivity contribution is 5.78. The summed E-state index contributed by atoms with van der Waals surface area (Å²) < 4.78 is 0. The van der Waals surface area contributed by atoms with Crippen molar-refractivity contribution in [1.82, 2.24) is 4.90 Å². The molecule has 1 aromatic carbocycles. The van der Waals surface area contributed by atoms with Gasteiger partial charge in [-0.05, 0) is 30.5 Å². The van der Waals surface area contributed by atoms with Gasteiger partial charge in [-0.15, -0.1) is 0 Å². The van der Waals surface area contributed by atoms with Crippen LogP contribution in [-0.4, -0.2) is 17.4 Å². The summed E-state index contributed by atoms with van der Waals surface area (Å²) in [4.78, 5) is 14.2. The molecule has 2 N–H and O–H groups in total. The Balaban J connectivity index is 2.76. The fourth-order valence-electron chi connectivity index (χ4n) is 1.83. The lowest BCUT2D eigenvalue weighted by Gasteiger charge is -2.26. The van der Waals surface area contributed by atoms with Gasteiger partial charge >= 0.3 is 0 Å². The minimum atomic E-state index is 0.0611. The van der Waals surface area contributed by atoms with E-state index in [9.17, 15) is 4.79 Å². The molecule has 0 heterocycles. The minimum Gasteiger partial charge on any atom is -0.399 e. The third kappa shape index (κ3) is 3.76. The predicted molar refractivity (Wildman–Crippen MR) is 75.9 cm³/mol. The molecule has 0 radical (unpaired) electrons. The largest absolute Gasteiger partial charge is 0.399 e. The number of nitrogens with zero attached hydrogens (tertiary/aromatic N) is 1. The van der Waals surface area contributed by atoms with Crippen molar-refractivity contribution in [2.24, 2.45) is 11.8 Å². The summed E-state index contributed by atoms with van der Waals surface area (Å²) in [6.07, 6.45) is 0. The van der Waals surface area contributed by atoms with E-state index in [0.717, 1.165) is 17.8 Å². The normalized spacial score (nSPS) is 12.5. The Labute approximate surface area is 110 Å². The molecule has 0 aliphatic rings. The first-order chi connectivity index (χ1) is 8.45. The summed E-state index contributed by atoms with van der Waals surface area (Å²) in [6.45, 7) is 9.53. The maximum Gasteiger partial charge on any atom is 0.225 e. The summed E-state index contributed by atoms with van der Waals surface area (Å²) in [6, 6.07) is 7.72. The molecule has 0 aromatic heterocycles. The second kappa shape index (κ2) is 6.43. The van der Waals surface area contributed by atoms with Gasteiger partial charge < -0.3 is 10.6 Å². The number of benzene rings is 1. The molecule has 100 valence electrons. The average molecular weight is 248 g/mol. The Hall–Kier alpha value is -1.51. The van der Waals surface area contributed by atoms with Gasteiger partial charge in [-0.2, -0.15) is 0 Å². The Morgan fingerprint density at radius 3 is 2.50 bits per heavy atom. The summed E-state index contributed by atoms with van der Waals surface area (Å²) >= 11 is 0. The van der Waals surface area contributed by atoms with Gasteiger partial charge in [0.1, 0.15) is 0 Å². The van der Waals surface area contributed by atoms with E-state index in [4.69, 9.17) is 5.73 Å². The smallest absolute Gasteiger partial charge is 0.225 e. The Morgan fingerprint density at radius 1 is 1.33 bits per heavy atom. The highest BCUT2D eigenvalue weighted by Gasteiger charge is 2.21. The number of hydrogen-bond acceptors (Lipinski definition) is 2. The van der Waals surface area contributed by atoms with E-state index in [1.54, 1.807) is 0 Å². The van der Waals surface area contributed by atoms with Crippen LogP contribution in [0.5, 0.6) is 0 Å². The fraction of sp³-hybridized carbons (Fsp3) is 0.533. The van der Waals surface area contributed by atoms with Crippen molar-refractivity contribution in [2.75, 3.05) is 12.3 Å². The highest BCUT2D eigenvalue weighted by atomic mass is 16.2. The number of carbonyl (C=O) groups is 1. The molecule has 0 spiro atoms. The van der Waals surface area contributed by atoms with Gasteiger partial charge in [0.25, 0.3) is 0 Å². The lowest BCUT2D eigenvalue weighted by atomic mass is 9.96. The van der Waals surface area contributed by atoms with Gasteiger partial charge in [0.2, 0.25) is 5.91 Å². The third-order valence-electron chi connectivity index (χ3n) is 3.41. The first-order valence-corrected chi connectivity index (χ1v) is 6.58. The van der Waals surface area contributed by atoms with Gasteiger partial charge in [-0.1, -0.05) is 32.9 Å². The number of carbonyl (C=O) groups excluding carboxylic acids is 1. The SMILES string of the molecule is CCN(Cc1cccc(N)c1)C(=O)C(C)C(C)C. The van der Waals surface area contributed by atoms with Crippen LogP contribution in [0.1, 0.15) is 33.3 Å². The number of rotatable bonds is 5. The summed E-state index contributed by atoms with van der Waals surface area (Å²) in [5, 5.41) is 0. The zero-order valence-electron chi connectivity index (χ0n) is 11.8. The fourth-order valence-corrected chi connectivity index (χ4v) is 1.83. The van der Waals surface area contributed by atoms with Gasteiger partial charge in [-0.3, -0.25) is 4.79 Å². The Morgan fingerprint density at radius 2 is 2.00 bits per heavy atom. The molecule has 1 atom stereocenters. The van der Waals surface area contributed by atoms with Crippen LogP contribution in [0.4, 0.5) is 5.69 Å². The van der Waals surface area contributed by atoms with Crippen LogP contribution in [-0.2, 0) is 11.3 Å². The van der Waals surface area contributed by atoms with E-state index < -0.39 is 0 Å². The van der Waals surface area contributed by atoms with Gasteiger partial charge in [-0.25, -0.2) is 0 Å². The standard InChI is InChI=1S/C15H24N2O/c1-5-17(15(18)12(4)11(2)3)10-13-7-6-8-14(16)9-13/h6-9,11-12H,5,10,16H2,1-4H3. The van der Waals surface area contributed by atoms with Crippen LogP contribution in [0.25, 0.3) is 0 Å². The predicted octanol–water partition coefficient (Wildman–Crippen LogP) is 2.91. The topological polar surface area (TPSA) is 46.3 Å². The van der Waals surface area contributed by atoms with Crippen molar-refractivity contribution in [1.29, 1.82) is 0 Å². The molecule has 1 aromatic rings. The van der Waals surface area contributed by atoms with Crippen LogP contribution in [0.2, 0.25) is 0 Å². The maximum absolute atomic E-state index is 12.3.